The lowest BCUT2D eigenvalue weighted by molar-refractivity contribution is -0.143. The first-order valence-corrected chi connectivity index (χ1v) is 44.0. The van der Waals surface area contributed by atoms with Crippen LogP contribution in [-0.4, -0.2) is 47.4 Å². The van der Waals surface area contributed by atoms with Gasteiger partial charge in [-0.3, -0.25) is 9.59 Å². The molecular weight excluding hydrogens is 1150 g/mol. The molecule has 0 aliphatic heterocycles. The van der Waals surface area contributed by atoms with E-state index in [1.165, 1.54) is 449 Å². The van der Waals surface area contributed by atoms with E-state index >= 15 is 0 Å². The quantitative estimate of drug-likeness (QED) is 0.0320. The Morgan fingerprint density at radius 3 is 0.723 bits per heavy atom. The molecule has 0 rings (SSSR count). The maximum atomic E-state index is 12.6. The summed E-state index contributed by atoms with van der Waals surface area (Å²) < 4.78 is 5.51. The summed E-state index contributed by atoms with van der Waals surface area (Å²) in [6.45, 7) is 4.97. The zero-order valence-electron chi connectivity index (χ0n) is 64.5. The van der Waals surface area contributed by atoms with Gasteiger partial charge in [0.1, 0.15) is 0 Å². The highest BCUT2D eigenvalue weighted by Gasteiger charge is 2.18. The van der Waals surface area contributed by atoms with Crippen LogP contribution in [0.1, 0.15) is 515 Å². The molecule has 0 aliphatic rings. The average molecular weight is 1330 g/mol. The predicted octanol–water partition coefficient (Wildman–Crippen LogP) is 29.4. The largest absolute Gasteiger partial charge is 0.466 e. The van der Waals surface area contributed by atoms with Crippen molar-refractivity contribution in [1.29, 1.82) is 0 Å². The number of nitrogens with one attached hydrogen (secondary N) is 1. The second-order valence-corrected chi connectivity index (χ2v) is 30.6. The second-order valence-electron chi connectivity index (χ2n) is 30.6. The van der Waals surface area contributed by atoms with E-state index in [1.54, 1.807) is 6.08 Å². The summed E-state index contributed by atoms with van der Waals surface area (Å²) in [4.78, 5) is 24.7. The minimum Gasteiger partial charge on any atom is -0.466 e. The number of amides is 1. The van der Waals surface area contributed by atoms with Gasteiger partial charge >= 0.3 is 5.97 Å². The summed E-state index contributed by atoms with van der Waals surface area (Å²) in [5, 5.41) is 23.3. The third-order valence-corrected chi connectivity index (χ3v) is 21.1. The Morgan fingerprint density at radius 2 is 0.489 bits per heavy atom. The van der Waals surface area contributed by atoms with Gasteiger partial charge in [0.2, 0.25) is 5.91 Å². The highest BCUT2D eigenvalue weighted by atomic mass is 16.5. The number of rotatable bonds is 84. The van der Waals surface area contributed by atoms with Gasteiger partial charge in [0.05, 0.1) is 25.4 Å². The van der Waals surface area contributed by atoms with Gasteiger partial charge in [0, 0.05) is 12.8 Å². The molecule has 0 bridgehead atoms. The number of hydrogen-bond acceptors (Lipinski definition) is 5. The van der Waals surface area contributed by atoms with Crippen molar-refractivity contribution in [3.63, 3.8) is 0 Å². The van der Waals surface area contributed by atoms with E-state index in [9.17, 15) is 19.8 Å². The molecule has 0 aromatic carbocycles. The third-order valence-electron chi connectivity index (χ3n) is 21.1. The molecule has 1 amide bonds. The van der Waals surface area contributed by atoms with Crippen molar-refractivity contribution in [2.75, 3.05) is 13.2 Å². The smallest absolute Gasteiger partial charge is 0.305 e. The topological polar surface area (TPSA) is 95.9 Å². The van der Waals surface area contributed by atoms with Crippen LogP contribution >= 0.6 is 0 Å². The molecule has 0 saturated carbocycles. The van der Waals surface area contributed by atoms with Gasteiger partial charge in [-0.1, -0.05) is 482 Å². The number of allylic oxidation sites excluding steroid dienone is 1. The lowest BCUT2D eigenvalue weighted by Gasteiger charge is -2.20. The van der Waals surface area contributed by atoms with Crippen LogP contribution in [0.3, 0.4) is 0 Å². The maximum absolute atomic E-state index is 12.6. The van der Waals surface area contributed by atoms with Gasteiger partial charge in [-0.25, -0.2) is 0 Å². The zero-order valence-corrected chi connectivity index (χ0v) is 64.5. The molecule has 0 aromatic rings. The minimum absolute atomic E-state index is 0.0275. The molecule has 0 radical (unpaired) electrons. The highest BCUT2D eigenvalue weighted by molar-refractivity contribution is 5.76. The van der Waals surface area contributed by atoms with Crippen LogP contribution in [0.15, 0.2) is 12.2 Å². The first-order chi connectivity index (χ1) is 46.5. The van der Waals surface area contributed by atoms with Crippen molar-refractivity contribution < 1.29 is 24.5 Å². The monoisotopic (exact) mass is 1320 g/mol. The van der Waals surface area contributed by atoms with Crippen molar-refractivity contribution in [3.05, 3.63) is 12.2 Å². The molecule has 0 heterocycles. The van der Waals surface area contributed by atoms with Crippen molar-refractivity contribution in [3.8, 4) is 0 Å². The fraction of sp³-hybridized carbons (Fsp3) is 0.955. The predicted molar refractivity (Wildman–Crippen MR) is 417 cm³/mol. The Kier molecular flexibility index (Phi) is 82.8. The van der Waals surface area contributed by atoms with E-state index in [-0.39, 0.29) is 18.5 Å². The summed E-state index contributed by atoms with van der Waals surface area (Å²) in [6, 6.07) is -0.624. The normalized spacial score (nSPS) is 12.4. The van der Waals surface area contributed by atoms with E-state index in [0.717, 1.165) is 38.5 Å². The Morgan fingerprint density at radius 1 is 0.287 bits per heavy atom. The number of esters is 1. The summed E-state index contributed by atoms with van der Waals surface area (Å²) >= 11 is 0. The Labute approximate surface area is 590 Å². The average Bonchev–Trinajstić information content (AvgIpc) is 2.94. The number of aliphatic hydroxyl groups excluding tert-OH is 2. The summed E-state index contributed by atoms with van der Waals surface area (Å²) in [5.74, 6) is -0.0281. The lowest BCUT2D eigenvalue weighted by Crippen LogP contribution is -2.45. The molecule has 0 spiro atoms. The van der Waals surface area contributed by atoms with Crippen molar-refractivity contribution in [1.82, 2.24) is 5.32 Å². The number of ether oxygens (including phenoxy) is 1. The van der Waals surface area contributed by atoms with E-state index in [2.05, 4.69) is 19.2 Å². The lowest BCUT2D eigenvalue weighted by atomic mass is 10.0. The highest BCUT2D eigenvalue weighted by Crippen LogP contribution is 2.21. The second kappa shape index (κ2) is 84.0. The van der Waals surface area contributed by atoms with E-state index in [1.807, 2.05) is 6.08 Å². The number of aliphatic hydroxyl groups is 2. The molecule has 0 aromatic heterocycles. The number of carbonyl (C=O) groups excluding carboxylic acids is 2. The van der Waals surface area contributed by atoms with Gasteiger partial charge in [-0.2, -0.15) is 0 Å². The SMILES string of the molecule is CCCCCCCCCCCCCCCCCCCCCCCC/C=C/C(O)C(CO)NC(=O)CCCCCCCCCCCCCCCCCCCCCCCCCCCCCCCCCCCCCCCCCOC(=O)CCCCCCCCCCCCCCCC. The Bertz CT molecular complexity index is 1430. The van der Waals surface area contributed by atoms with Crippen LogP contribution in [0, 0.1) is 0 Å². The number of carbonyl (C=O) groups is 2. The molecule has 0 saturated heterocycles. The van der Waals surface area contributed by atoms with Crippen molar-refractivity contribution >= 4 is 11.9 Å². The third kappa shape index (κ3) is 79.6. The van der Waals surface area contributed by atoms with Crippen molar-refractivity contribution in [2.45, 2.75) is 527 Å². The van der Waals surface area contributed by atoms with Crippen LogP contribution in [0.4, 0.5) is 0 Å². The molecule has 0 aliphatic carbocycles. The van der Waals surface area contributed by atoms with E-state index < -0.39 is 12.1 Å². The van der Waals surface area contributed by atoms with Gasteiger partial charge < -0.3 is 20.3 Å². The molecule has 2 unspecified atom stereocenters. The van der Waals surface area contributed by atoms with Crippen LogP contribution < -0.4 is 5.32 Å². The Hall–Kier alpha value is -1.40. The summed E-state index contributed by atoms with van der Waals surface area (Å²) in [5.41, 5.74) is 0. The minimum atomic E-state index is -0.841. The van der Waals surface area contributed by atoms with Crippen molar-refractivity contribution in [2.24, 2.45) is 0 Å². The number of unbranched alkanes of at least 4 members (excludes halogenated alkanes) is 73. The summed E-state index contributed by atoms with van der Waals surface area (Å²) in [6.07, 6.45) is 108. The van der Waals surface area contributed by atoms with Gasteiger partial charge in [0.25, 0.3) is 0 Å². The van der Waals surface area contributed by atoms with Gasteiger partial charge in [-0.05, 0) is 32.1 Å². The summed E-state index contributed by atoms with van der Waals surface area (Å²) in [7, 11) is 0. The maximum Gasteiger partial charge on any atom is 0.305 e. The molecule has 6 heteroatoms. The molecule has 0 fully saturated rings. The molecule has 3 N–H and O–H groups in total. The fourth-order valence-corrected chi connectivity index (χ4v) is 14.4. The first kappa shape index (κ1) is 92.6. The fourth-order valence-electron chi connectivity index (χ4n) is 14.4. The molecule has 6 nitrogen and oxygen atoms in total. The Balaban J connectivity index is 3.31. The molecular formula is C88H173NO5. The molecule has 2 atom stereocenters. The van der Waals surface area contributed by atoms with Crippen LogP contribution in [0.25, 0.3) is 0 Å². The van der Waals surface area contributed by atoms with Crippen LogP contribution in [0.5, 0.6) is 0 Å². The van der Waals surface area contributed by atoms with Gasteiger partial charge in [-0.15, -0.1) is 0 Å². The van der Waals surface area contributed by atoms with E-state index in [0.29, 0.717) is 19.4 Å². The van der Waals surface area contributed by atoms with E-state index in [4.69, 9.17) is 4.74 Å². The van der Waals surface area contributed by atoms with Gasteiger partial charge in [0.15, 0.2) is 0 Å². The standard InChI is InChI=1S/C88H173NO5/c1-3-5-7-9-11-13-15-17-19-20-21-22-23-41-44-47-50-53-56-60-64-68-72-76-80-86(91)85(84-90)89-87(92)81-77-73-69-65-61-57-54-51-48-45-42-39-37-35-33-31-29-27-25-24-26-28-30-32-34-36-38-40-43-46-49-52-55-59-63-67-71-75-79-83-94-88(93)82-78-74-70-66-62-58-18-16-14-12-10-8-6-4-2/h76,80,85-86,90-91H,3-75,77-79,81-84H2,1-2H3,(H,89,92)/b80-76+. The molecule has 560 valence electrons. The number of hydrogen-bond donors (Lipinski definition) is 3. The molecule has 94 heavy (non-hydrogen) atoms. The van der Waals surface area contributed by atoms with Crippen LogP contribution in [0.2, 0.25) is 0 Å². The zero-order chi connectivity index (χ0) is 67.7. The van der Waals surface area contributed by atoms with Crippen LogP contribution in [-0.2, 0) is 14.3 Å². The first-order valence-electron chi connectivity index (χ1n) is 44.0.